The molecule has 0 aliphatic heterocycles. The van der Waals surface area contributed by atoms with E-state index in [0.717, 1.165) is 23.9 Å². The molecule has 3 nitrogen and oxygen atoms in total. The highest BCUT2D eigenvalue weighted by molar-refractivity contribution is 5.78. The van der Waals surface area contributed by atoms with Gasteiger partial charge in [-0.05, 0) is 43.7 Å². The molecule has 2 aromatic carbocycles. The summed E-state index contributed by atoms with van der Waals surface area (Å²) < 4.78 is 41.3. The van der Waals surface area contributed by atoms with Gasteiger partial charge in [-0.3, -0.25) is 0 Å². The minimum atomic E-state index is -4.50. The topological polar surface area (TPSA) is 21.1 Å². The molecule has 26 heavy (non-hydrogen) atoms. The van der Waals surface area contributed by atoms with Crippen LogP contribution in [0.1, 0.15) is 18.2 Å². The Morgan fingerprint density at radius 1 is 1.04 bits per heavy atom. The maximum atomic E-state index is 13.3. The van der Waals surface area contributed by atoms with Crippen LogP contribution in [0.4, 0.5) is 18.9 Å². The van der Waals surface area contributed by atoms with Crippen LogP contribution in [-0.2, 0) is 6.18 Å². The number of hydrogen-bond donors (Lipinski definition) is 0. The van der Waals surface area contributed by atoms with E-state index < -0.39 is 11.9 Å². The van der Waals surface area contributed by atoms with Gasteiger partial charge in [0.25, 0.3) is 0 Å². The molecule has 1 aromatic heterocycles. The molecule has 0 aliphatic rings. The second-order valence-corrected chi connectivity index (χ2v) is 6.19. The molecule has 3 rings (SSSR count). The van der Waals surface area contributed by atoms with E-state index in [1.807, 2.05) is 50.1 Å². The van der Waals surface area contributed by atoms with Crippen LogP contribution in [-0.4, -0.2) is 23.4 Å². The fourth-order valence-corrected chi connectivity index (χ4v) is 2.82. The minimum Gasteiger partial charge on any atom is -0.374 e. The van der Waals surface area contributed by atoms with E-state index in [2.05, 4.69) is 5.10 Å². The third-order valence-electron chi connectivity index (χ3n) is 4.32. The van der Waals surface area contributed by atoms with Crippen molar-refractivity contribution in [2.24, 2.45) is 0 Å². The zero-order valence-corrected chi connectivity index (χ0v) is 14.9. The zero-order chi connectivity index (χ0) is 18.9. The summed E-state index contributed by atoms with van der Waals surface area (Å²) in [6.07, 6.45) is -4.50. The fraction of sp³-hybridized carbons (Fsp3) is 0.250. The van der Waals surface area contributed by atoms with Gasteiger partial charge in [0.1, 0.15) is 0 Å². The van der Waals surface area contributed by atoms with Crippen LogP contribution >= 0.6 is 0 Å². The molecular weight excluding hydrogens is 339 g/mol. The molecular formula is C20H20F3N3. The predicted molar refractivity (Wildman–Crippen MR) is 97.7 cm³/mol. The van der Waals surface area contributed by atoms with Gasteiger partial charge in [0.2, 0.25) is 0 Å². The third kappa shape index (κ3) is 3.45. The average molecular weight is 359 g/mol. The molecule has 0 N–H and O–H groups in total. The molecule has 0 unspecified atom stereocenters. The first kappa shape index (κ1) is 18.0. The molecule has 136 valence electrons. The van der Waals surface area contributed by atoms with E-state index in [4.69, 9.17) is 0 Å². The largest absolute Gasteiger partial charge is 0.435 e. The number of anilines is 1. The Morgan fingerprint density at radius 2 is 1.73 bits per heavy atom. The van der Waals surface area contributed by atoms with E-state index in [1.54, 1.807) is 24.3 Å². The van der Waals surface area contributed by atoms with Crippen molar-refractivity contribution in [1.82, 2.24) is 9.78 Å². The lowest BCUT2D eigenvalue weighted by atomic mass is 10.0. The molecule has 0 aliphatic carbocycles. The first-order valence-electron chi connectivity index (χ1n) is 8.36. The number of alkyl halides is 3. The number of halogens is 3. The van der Waals surface area contributed by atoms with Crippen molar-refractivity contribution in [1.29, 1.82) is 0 Å². The summed E-state index contributed by atoms with van der Waals surface area (Å²) in [5.41, 5.74) is 2.74. The van der Waals surface area contributed by atoms with Crippen LogP contribution in [0.5, 0.6) is 0 Å². The minimum absolute atomic E-state index is 0.416. The van der Waals surface area contributed by atoms with Gasteiger partial charge < -0.3 is 4.90 Å². The van der Waals surface area contributed by atoms with E-state index in [-0.39, 0.29) is 0 Å². The van der Waals surface area contributed by atoms with Gasteiger partial charge in [0, 0.05) is 24.8 Å². The van der Waals surface area contributed by atoms with Gasteiger partial charge in [-0.1, -0.05) is 30.3 Å². The summed E-state index contributed by atoms with van der Waals surface area (Å²) in [6, 6.07) is 15.7. The Hall–Kier alpha value is -2.76. The summed E-state index contributed by atoms with van der Waals surface area (Å²) in [6.45, 7) is 4.70. The van der Waals surface area contributed by atoms with E-state index in [1.165, 1.54) is 4.68 Å². The molecule has 1 heterocycles. The number of nitrogens with zero attached hydrogens (tertiary/aromatic N) is 3. The molecule has 0 radical (unpaired) electrons. The Balaban J connectivity index is 2.27. The SMILES string of the molecule is CCN(C)c1cc(C)ccc1-c1cc(C(F)(F)F)nn1-c1ccccc1. The van der Waals surface area contributed by atoms with Gasteiger partial charge >= 0.3 is 6.18 Å². The van der Waals surface area contributed by atoms with Crippen molar-refractivity contribution in [2.75, 3.05) is 18.5 Å². The Labute approximate surface area is 150 Å². The smallest absolute Gasteiger partial charge is 0.374 e. The Kier molecular flexibility index (Phi) is 4.76. The van der Waals surface area contributed by atoms with Crippen molar-refractivity contribution >= 4 is 5.69 Å². The standard InChI is InChI=1S/C20H20F3N3/c1-4-25(3)17-12-14(2)10-11-16(17)18-13-19(20(21,22)23)24-26(18)15-8-6-5-7-9-15/h5-13H,4H2,1-3H3. The van der Waals surface area contributed by atoms with Gasteiger partial charge in [-0.2, -0.15) is 18.3 Å². The molecule has 0 fully saturated rings. The summed E-state index contributed by atoms with van der Waals surface area (Å²) in [4.78, 5) is 2.01. The Bertz CT molecular complexity index is 898. The van der Waals surface area contributed by atoms with Gasteiger partial charge in [0.05, 0.1) is 11.4 Å². The fourth-order valence-electron chi connectivity index (χ4n) is 2.82. The number of aromatic nitrogens is 2. The maximum absolute atomic E-state index is 13.3. The van der Waals surface area contributed by atoms with Crippen LogP contribution in [0.2, 0.25) is 0 Å². The molecule has 0 amide bonds. The maximum Gasteiger partial charge on any atom is 0.435 e. The molecule has 0 spiro atoms. The molecule has 0 bridgehead atoms. The van der Waals surface area contributed by atoms with Gasteiger partial charge in [-0.15, -0.1) is 0 Å². The van der Waals surface area contributed by atoms with Crippen LogP contribution < -0.4 is 4.90 Å². The number of aryl methyl sites for hydroxylation is 1. The lowest BCUT2D eigenvalue weighted by molar-refractivity contribution is -0.141. The van der Waals surface area contributed by atoms with Gasteiger partial charge in [-0.25, -0.2) is 4.68 Å². The zero-order valence-electron chi connectivity index (χ0n) is 14.9. The number of rotatable bonds is 4. The lowest BCUT2D eigenvalue weighted by Crippen LogP contribution is -2.17. The highest BCUT2D eigenvalue weighted by atomic mass is 19.4. The van der Waals surface area contributed by atoms with Crippen LogP contribution in [0, 0.1) is 6.92 Å². The predicted octanol–water partition coefficient (Wildman–Crippen LogP) is 5.32. The number of hydrogen-bond acceptors (Lipinski definition) is 2. The summed E-state index contributed by atoms with van der Waals surface area (Å²) in [5.74, 6) is 0. The third-order valence-corrected chi connectivity index (χ3v) is 4.32. The molecule has 0 atom stereocenters. The molecule has 0 saturated carbocycles. The monoisotopic (exact) mass is 359 g/mol. The van der Waals surface area contributed by atoms with Crippen molar-refractivity contribution in [3.63, 3.8) is 0 Å². The molecule has 0 saturated heterocycles. The summed E-state index contributed by atoms with van der Waals surface area (Å²) >= 11 is 0. The van der Waals surface area contributed by atoms with Crippen LogP contribution in [0.15, 0.2) is 54.6 Å². The number of para-hydroxylation sites is 1. The van der Waals surface area contributed by atoms with Crippen LogP contribution in [0.25, 0.3) is 16.9 Å². The van der Waals surface area contributed by atoms with Crippen molar-refractivity contribution in [2.45, 2.75) is 20.0 Å². The number of benzene rings is 2. The Morgan fingerprint density at radius 3 is 2.35 bits per heavy atom. The summed E-state index contributed by atoms with van der Waals surface area (Å²) in [5, 5.41) is 3.85. The molecule has 6 heteroatoms. The quantitative estimate of drug-likeness (QED) is 0.628. The van der Waals surface area contributed by atoms with E-state index >= 15 is 0 Å². The highest BCUT2D eigenvalue weighted by Crippen LogP contribution is 2.37. The van der Waals surface area contributed by atoms with Crippen molar-refractivity contribution < 1.29 is 13.2 Å². The van der Waals surface area contributed by atoms with Gasteiger partial charge in [0.15, 0.2) is 5.69 Å². The second-order valence-electron chi connectivity index (χ2n) is 6.19. The second kappa shape index (κ2) is 6.86. The van der Waals surface area contributed by atoms with E-state index in [0.29, 0.717) is 16.9 Å². The van der Waals surface area contributed by atoms with E-state index in [9.17, 15) is 13.2 Å². The highest BCUT2D eigenvalue weighted by Gasteiger charge is 2.35. The van der Waals surface area contributed by atoms with Crippen LogP contribution in [0.3, 0.4) is 0 Å². The summed E-state index contributed by atoms with van der Waals surface area (Å²) in [7, 11) is 1.92. The van der Waals surface area contributed by atoms with Crippen molar-refractivity contribution in [3.8, 4) is 16.9 Å². The normalized spacial score (nSPS) is 11.6. The molecule has 3 aromatic rings. The first-order valence-corrected chi connectivity index (χ1v) is 8.36. The van der Waals surface area contributed by atoms with Crippen molar-refractivity contribution in [3.05, 3.63) is 65.9 Å². The first-order chi connectivity index (χ1) is 12.3. The average Bonchev–Trinajstić information content (AvgIpc) is 3.07. The lowest BCUT2D eigenvalue weighted by Gasteiger charge is -2.22.